The second-order valence-corrected chi connectivity index (χ2v) is 6.89. The highest BCUT2D eigenvalue weighted by molar-refractivity contribution is 6.31. The highest BCUT2D eigenvalue weighted by Crippen LogP contribution is 2.40. The molecular weight excluding hydrogens is 388 g/mol. The first kappa shape index (κ1) is 20.7. The summed E-state index contributed by atoms with van der Waals surface area (Å²) in [4.78, 5) is 17.7. The van der Waals surface area contributed by atoms with Crippen LogP contribution < -0.4 is 4.74 Å². The van der Waals surface area contributed by atoms with Gasteiger partial charge in [-0.25, -0.2) is 0 Å². The van der Waals surface area contributed by atoms with Crippen molar-refractivity contribution in [2.24, 2.45) is 0 Å². The smallest absolute Gasteiger partial charge is 0.302 e. The Hall–Kier alpha value is -3.05. The molecule has 150 valence electrons. The van der Waals surface area contributed by atoms with Gasteiger partial charge in [0.15, 0.2) is 0 Å². The van der Waals surface area contributed by atoms with Crippen LogP contribution in [0.2, 0.25) is 5.02 Å². The summed E-state index contributed by atoms with van der Waals surface area (Å²) in [5.41, 5.74) is 5.33. The molecule has 0 fully saturated rings. The Balaban J connectivity index is 0.000000353. The Bertz CT molecular complexity index is 1170. The molecule has 2 aromatic carbocycles. The number of nitrogens with zero attached hydrogens (tertiary/aromatic N) is 1. The normalized spacial score (nSPS) is 10.5. The van der Waals surface area contributed by atoms with Gasteiger partial charge in [0.1, 0.15) is 5.75 Å². The largest absolute Gasteiger partial charge is 0.496 e. The van der Waals surface area contributed by atoms with Crippen molar-refractivity contribution in [3.8, 4) is 16.9 Å². The molecule has 0 aliphatic carbocycles. The number of aryl methyl sites for hydroxylation is 1. The number of ether oxygens (including phenoxy) is 2. The van der Waals surface area contributed by atoms with E-state index in [2.05, 4.69) is 27.7 Å². The van der Waals surface area contributed by atoms with Crippen molar-refractivity contribution in [3.63, 3.8) is 0 Å². The molecule has 1 N–H and O–H groups in total. The first-order valence-corrected chi connectivity index (χ1v) is 9.67. The molecule has 0 amide bonds. The summed E-state index contributed by atoms with van der Waals surface area (Å²) in [6.45, 7) is 5.73. The average Bonchev–Trinajstić information content (AvgIpc) is 3.03. The van der Waals surface area contributed by atoms with Gasteiger partial charge >= 0.3 is 5.97 Å². The van der Waals surface area contributed by atoms with Gasteiger partial charge in [0.25, 0.3) is 0 Å². The van der Waals surface area contributed by atoms with E-state index in [1.54, 1.807) is 14.0 Å². The van der Waals surface area contributed by atoms with Gasteiger partial charge < -0.3 is 14.5 Å². The van der Waals surface area contributed by atoms with Crippen molar-refractivity contribution >= 4 is 39.4 Å². The molecule has 6 heteroatoms. The molecule has 5 nitrogen and oxygen atoms in total. The van der Waals surface area contributed by atoms with Gasteiger partial charge in [-0.05, 0) is 49.7 Å². The molecule has 0 aliphatic heterocycles. The minimum absolute atomic E-state index is 0.211. The lowest BCUT2D eigenvalue weighted by Crippen LogP contribution is -1.95. The number of benzene rings is 2. The first-order valence-electron chi connectivity index (χ1n) is 9.29. The van der Waals surface area contributed by atoms with Crippen LogP contribution in [0.1, 0.15) is 19.5 Å². The topological polar surface area (TPSA) is 64.2 Å². The molecule has 0 atom stereocenters. The fraction of sp³-hybridized carbons (Fsp3) is 0.217. The zero-order valence-electron chi connectivity index (χ0n) is 16.9. The number of esters is 1. The third kappa shape index (κ3) is 4.35. The van der Waals surface area contributed by atoms with E-state index in [1.165, 1.54) is 6.92 Å². The van der Waals surface area contributed by atoms with E-state index in [-0.39, 0.29) is 5.97 Å². The molecule has 2 aromatic heterocycles. The Morgan fingerprint density at radius 1 is 1.21 bits per heavy atom. The number of fused-ring (bicyclic) bond motifs is 2. The standard InChI is InChI=1S/C19H15ClN2O.C4H8O2/c1-11-18(19-15(22-11)4-3-5-17(19)23-2)14-8-9-21-16-10-12(20)6-7-13(14)16;1-3-6-4(2)5/h3-10,22H,1-2H3;3H2,1-2H3. The van der Waals surface area contributed by atoms with Crippen LogP contribution in [0.25, 0.3) is 32.9 Å². The van der Waals surface area contributed by atoms with E-state index in [0.717, 1.165) is 44.4 Å². The number of hydrogen-bond acceptors (Lipinski definition) is 4. The quantitative estimate of drug-likeness (QED) is 0.425. The first-order chi connectivity index (χ1) is 14.0. The maximum atomic E-state index is 9.82. The number of carbonyl (C=O) groups excluding carboxylic acids is 1. The van der Waals surface area contributed by atoms with Gasteiger partial charge in [0, 0.05) is 45.7 Å². The Labute approximate surface area is 174 Å². The molecule has 29 heavy (non-hydrogen) atoms. The van der Waals surface area contributed by atoms with Gasteiger partial charge in [-0.15, -0.1) is 0 Å². The monoisotopic (exact) mass is 410 g/mol. The van der Waals surface area contributed by atoms with Crippen molar-refractivity contribution < 1.29 is 14.3 Å². The molecule has 0 bridgehead atoms. The minimum atomic E-state index is -0.211. The molecule has 4 rings (SSSR count). The molecule has 0 saturated carbocycles. The van der Waals surface area contributed by atoms with Gasteiger partial charge in [-0.1, -0.05) is 23.7 Å². The Kier molecular flexibility index (Phi) is 6.39. The number of pyridine rings is 1. The number of aromatic amines is 1. The van der Waals surface area contributed by atoms with E-state index in [0.29, 0.717) is 11.6 Å². The van der Waals surface area contributed by atoms with Gasteiger partial charge in [-0.3, -0.25) is 9.78 Å². The van der Waals surface area contributed by atoms with Crippen LogP contribution in [0.15, 0.2) is 48.7 Å². The fourth-order valence-corrected chi connectivity index (χ4v) is 3.56. The number of halogens is 1. The zero-order chi connectivity index (χ0) is 21.0. The fourth-order valence-electron chi connectivity index (χ4n) is 3.39. The highest BCUT2D eigenvalue weighted by Gasteiger charge is 2.16. The van der Waals surface area contributed by atoms with Crippen LogP contribution in [0.3, 0.4) is 0 Å². The van der Waals surface area contributed by atoms with Crippen LogP contribution in [0.5, 0.6) is 5.75 Å². The number of H-pyrrole nitrogens is 1. The molecular formula is C23H23ClN2O3. The zero-order valence-corrected chi connectivity index (χ0v) is 17.6. The van der Waals surface area contributed by atoms with Crippen molar-refractivity contribution in [2.75, 3.05) is 13.7 Å². The maximum Gasteiger partial charge on any atom is 0.302 e. The van der Waals surface area contributed by atoms with E-state index < -0.39 is 0 Å². The molecule has 0 radical (unpaired) electrons. The van der Waals surface area contributed by atoms with Crippen molar-refractivity contribution in [2.45, 2.75) is 20.8 Å². The van der Waals surface area contributed by atoms with Crippen molar-refractivity contribution in [1.29, 1.82) is 0 Å². The van der Waals surface area contributed by atoms with Crippen LogP contribution in [-0.2, 0) is 9.53 Å². The number of nitrogens with one attached hydrogen (secondary N) is 1. The minimum Gasteiger partial charge on any atom is -0.496 e. The van der Waals surface area contributed by atoms with Crippen molar-refractivity contribution in [3.05, 3.63) is 59.4 Å². The predicted molar refractivity (Wildman–Crippen MR) is 118 cm³/mol. The second-order valence-electron chi connectivity index (χ2n) is 6.45. The lowest BCUT2D eigenvalue weighted by Gasteiger charge is -2.09. The lowest BCUT2D eigenvalue weighted by atomic mass is 9.98. The van der Waals surface area contributed by atoms with Crippen molar-refractivity contribution in [1.82, 2.24) is 9.97 Å². The van der Waals surface area contributed by atoms with Crippen LogP contribution in [-0.4, -0.2) is 29.7 Å². The molecule has 0 spiro atoms. The number of carbonyl (C=O) groups is 1. The van der Waals surface area contributed by atoms with Crippen LogP contribution >= 0.6 is 11.6 Å². The van der Waals surface area contributed by atoms with Gasteiger partial charge in [-0.2, -0.15) is 0 Å². The number of hydrogen-bond donors (Lipinski definition) is 1. The van der Waals surface area contributed by atoms with Gasteiger partial charge in [0.05, 0.1) is 19.2 Å². The van der Waals surface area contributed by atoms with E-state index in [9.17, 15) is 4.79 Å². The predicted octanol–water partition coefficient (Wildman–Crippen LogP) is 5.92. The third-order valence-corrected chi connectivity index (χ3v) is 4.75. The molecule has 0 saturated heterocycles. The summed E-state index contributed by atoms with van der Waals surface area (Å²) in [6.07, 6.45) is 1.82. The number of methoxy groups -OCH3 is 1. The Morgan fingerprint density at radius 3 is 2.66 bits per heavy atom. The molecule has 2 heterocycles. The van der Waals surface area contributed by atoms with E-state index in [1.807, 2.05) is 42.6 Å². The SMILES string of the molecule is CCOC(C)=O.COc1cccc2[nH]c(C)c(-c3ccnc4cc(Cl)ccc34)c12. The molecule has 0 aliphatic rings. The lowest BCUT2D eigenvalue weighted by molar-refractivity contribution is -0.140. The second kappa shape index (κ2) is 8.97. The average molecular weight is 411 g/mol. The summed E-state index contributed by atoms with van der Waals surface area (Å²) in [5, 5.41) is 2.86. The summed E-state index contributed by atoms with van der Waals surface area (Å²) >= 11 is 6.10. The number of rotatable bonds is 3. The molecule has 0 unspecified atom stereocenters. The summed E-state index contributed by atoms with van der Waals surface area (Å²) in [5.74, 6) is 0.651. The summed E-state index contributed by atoms with van der Waals surface area (Å²) < 4.78 is 9.98. The summed E-state index contributed by atoms with van der Waals surface area (Å²) in [7, 11) is 1.70. The maximum absolute atomic E-state index is 9.82. The highest BCUT2D eigenvalue weighted by atomic mass is 35.5. The Morgan fingerprint density at radius 2 is 2.00 bits per heavy atom. The van der Waals surface area contributed by atoms with E-state index in [4.69, 9.17) is 16.3 Å². The number of aromatic nitrogens is 2. The van der Waals surface area contributed by atoms with Crippen LogP contribution in [0, 0.1) is 6.92 Å². The third-order valence-electron chi connectivity index (χ3n) is 4.52. The van der Waals surface area contributed by atoms with E-state index >= 15 is 0 Å². The molecule has 4 aromatic rings. The van der Waals surface area contributed by atoms with Gasteiger partial charge in [0.2, 0.25) is 0 Å². The summed E-state index contributed by atoms with van der Waals surface area (Å²) in [6, 6.07) is 13.9. The van der Waals surface area contributed by atoms with Crippen LogP contribution in [0.4, 0.5) is 0 Å².